The molecule has 104 valence electrons. The summed E-state index contributed by atoms with van der Waals surface area (Å²) in [6.45, 7) is 8.35. The molecule has 0 amide bonds. The van der Waals surface area contributed by atoms with E-state index in [1.807, 2.05) is 13.1 Å². The average Bonchev–Trinajstić information content (AvgIpc) is 2.80. The number of nitrogens with zero attached hydrogens (tertiary/aromatic N) is 3. The molecule has 0 radical (unpaired) electrons. The third-order valence-electron chi connectivity index (χ3n) is 3.15. The van der Waals surface area contributed by atoms with Gasteiger partial charge in [-0.3, -0.25) is 0 Å². The maximum Gasteiger partial charge on any atom is 0.0965 e. The Hall–Kier alpha value is -0.980. The fraction of sp³-hybridized carbons (Fsp3) is 0.833. The number of aliphatic hydroxyl groups excluding tert-OH is 2. The highest BCUT2D eigenvalue weighted by Crippen LogP contribution is 2.13. The topological polar surface area (TPSA) is 83.2 Å². The van der Waals surface area contributed by atoms with Gasteiger partial charge in [0.1, 0.15) is 0 Å². The lowest BCUT2D eigenvalue weighted by Crippen LogP contribution is -2.50. The first-order chi connectivity index (χ1) is 8.37. The van der Waals surface area contributed by atoms with Crippen molar-refractivity contribution in [2.24, 2.45) is 0 Å². The smallest absolute Gasteiger partial charge is 0.0965 e. The summed E-state index contributed by atoms with van der Waals surface area (Å²) in [5.74, 6) is 0. The van der Waals surface area contributed by atoms with E-state index < -0.39 is 5.54 Å². The van der Waals surface area contributed by atoms with Gasteiger partial charge in [-0.25, -0.2) is 4.68 Å². The molecule has 3 N–H and O–H groups in total. The minimum atomic E-state index is -0.647. The molecule has 0 bridgehead atoms. The zero-order valence-corrected chi connectivity index (χ0v) is 11.6. The first kappa shape index (κ1) is 15.1. The van der Waals surface area contributed by atoms with Gasteiger partial charge in [0.2, 0.25) is 0 Å². The van der Waals surface area contributed by atoms with Gasteiger partial charge in [0.15, 0.2) is 0 Å². The average molecular weight is 256 g/mol. The normalized spacial score (nSPS) is 13.0. The predicted molar refractivity (Wildman–Crippen MR) is 69.1 cm³/mol. The fourth-order valence-corrected chi connectivity index (χ4v) is 1.50. The highest BCUT2D eigenvalue weighted by atomic mass is 16.3. The van der Waals surface area contributed by atoms with E-state index in [2.05, 4.69) is 36.4 Å². The molecule has 1 rings (SSSR count). The van der Waals surface area contributed by atoms with Crippen LogP contribution in [0.3, 0.4) is 0 Å². The lowest BCUT2D eigenvalue weighted by atomic mass is 9.98. The van der Waals surface area contributed by atoms with Crippen molar-refractivity contribution in [1.29, 1.82) is 0 Å². The van der Waals surface area contributed by atoms with Crippen molar-refractivity contribution in [1.82, 2.24) is 20.3 Å². The maximum absolute atomic E-state index is 9.33. The Kier molecular flexibility index (Phi) is 4.84. The van der Waals surface area contributed by atoms with Crippen molar-refractivity contribution in [2.75, 3.05) is 13.2 Å². The number of hydrogen-bond acceptors (Lipinski definition) is 5. The van der Waals surface area contributed by atoms with Gasteiger partial charge in [0.25, 0.3) is 0 Å². The van der Waals surface area contributed by atoms with E-state index in [0.29, 0.717) is 13.0 Å². The lowest BCUT2D eigenvalue weighted by molar-refractivity contribution is 0.0861. The Bertz CT molecular complexity index is 358. The van der Waals surface area contributed by atoms with Crippen LogP contribution in [0.4, 0.5) is 0 Å². The Morgan fingerprint density at radius 1 is 1.28 bits per heavy atom. The van der Waals surface area contributed by atoms with Crippen LogP contribution in [0, 0.1) is 0 Å². The first-order valence-corrected chi connectivity index (χ1v) is 6.25. The predicted octanol–water partition coefficient (Wildman–Crippen LogP) is 0.256. The molecule has 0 fully saturated rings. The second kappa shape index (κ2) is 5.77. The number of nitrogens with one attached hydrogen (secondary N) is 1. The molecule has 0 aliphatic heterocycles. The van der Waals surface area contributed by atoms with E-state index in [0.717, 1.165) is 5.69 Å². The van der Waals surface area contributed by atoms with Crippen molar-refractivity contribution >= 4 is 0 Å². The van der Waals surface area contributed by atoms with E-state index in [1.165, 1.54) is 0 Å². The second-order valence-corrected chi connectivity index (χ2v) is 5.63. The summed E-state index contributed by atoms with van der Waals surface area (Å²) in [5.41, 5.74) is 0.0525. The van der Waals surface area contributed by atoms with Crippen LogP contribution >= 0.6 is 0 Å². The molecule has 6 nitrogen and oxygen atoms in total. The molecule has 6 heteroatoms. The highest BCUT2D eigenvalue weighted by Gasteiger charge is 2.26. The Balaban J connectivity index is 2.66. The largest absolute Gasteiger partial charge is 0.394 e. The number of aliphatic hydroxyl groups is 2. The molecule has 0 spiro atoms. The van der Waals surface area contributed by atoms with Gasteiger partial charge in [0.05, 0.1) is 36.2 Å². The molecule has 0 aliphatic rings. The van der Waals surface area contributed by atoms with Crippen LogP contribution in [0.5, 0.6) is 0 Å². The molecule has 0 atom stereocenters. The quantitative estimate of drug-likeness (QED) is 0.680. The van der Waals surface area contributed by atoms with Crippen LogP contribution in [0.15, 0.2) is 6.20 Å². The van der Waals surface area contributed by atoms with Crippen molar-refractivity contribution in [3.05, 3.63) is 11.9 Å². The molecule has 1 aromatic rings. The van der Waals surface area contributed by atoms with Crippen LogP contribution in [0.25, 0.3) is 0 Å². The first-order valence-electron chi connectivity index (χ1n) is 6.25. The van der Waals surface area contributed by atoms with Crippen LogP contribution in [0.1, 0.15) is 39.8 Å². The standard InChI is InChI=1S/C12H24N4O2/c1-5-12(8-17,9-18)13-6-10-7-16(15-14-10)11(2,3)4/h7,13,17-18H,5-6,8-9H2,1-4H3. The maximum atomic E-state index is 9.33. The summed E-state index contributed by atoms with van der Waals surface area (Å²) < 4.78 is 1.80. The minimum absolute atomic E-state index is 0.0962. The highest BCUT2D eigenvalue weighted by molar-refractivity contribution is 4.97. The zero-order chi connectivity index (χ0) is 13.8. The second-order valence-electron chi connectivity index (χ2n) is 5.63. The van der Waals surface area contributed by atoms with Crippen LogP contribution in [0.2, 0.25) is 0 Å². The third-order valence-corrected chi connectivity index (χ3v) is 3.15. The van der Waals surface area contributed by atoms with Gasteiger partial charge < -0.3 is 15.5 Å². The van der Waals surface area contributed by atoms with Crippen LogP contribution < -0.4 is 5.32 Å². The molecule has 18 heavy (non-hydrogen) atoms. The van der Waals surface area contributed by atoms with E-state index in [4.69, 9.17) is 0 Å². The Labute approximate surface area is 108 Å². The van der Waals surface area contributed by atoms with Crippen LogP contribution in [-0.2, 0) is 12.1 Å². The zero-order valence-electron chi connectivity index (χ0n) is 11.6. The molecule has 0 aliphatic carbocycles. The molecule has 0 unspecified atom stereocenters. The number of aromatic nitrogens is 3. The van der Waals surface area contributed by atoms with Crippen molar-refractivity contribution in [2.45, 2.75) is 51.7 Å². The van der Waals surface area contributed by atoms with Crippen molar-refractivity contribution in [3.8, 4) is 0 Å². The Morgan fingerprint density at radius 3 is 2.28 bits per heavy atom. The van der Waals surface area contributed by atoms with Crippen LogP contribution in [-0.4, -0.2) is 44.0 Å². The van der Waals surface area contributed by atoms with Crippen molar-refractivity contribution in [3.63, 3.8) is 0 Å². The SMILES string of the molecule is CCC(CO)(CO)NCc1cn(C(C)(C)C)nn1. The third kappa shape index (κ3) is 3.51. The van der Waals surface area contributed by atoms with Gasteiger partial charge in [0, 0.05) is 6.54 Å². The van der Waals surface area contributed by atoms with Gasteiger partial charge in [-0.15, -0.1) is 5.10 Å². The molecular weight excluding hydrogens is 232 g/mol. The summed E-state index contributed by atoms with van der Waals surface area (Å²) in [6.07, 6.45) is 2.52. The van der Waals surface area contributed by atoms with E-state index in [9.17, 15) is 10.2 Å². The van der Waals surface area contributed by atoms with Gasteiger partial charge in [-0.05, 0) is 27.2 Å². The van der Waals surface area contributed by atoms with E-state index in [-0.39, 0.29) is 18.8 Å². The molecule has 1 aromatic heterocycles. The summed E-state index contributed by atoms with van der Waals surface area (Å²) in [7, 11) is 0. The summed E-state index contributed by atoms with van der Waals surface area (Å²) in [5, 5.41) is 29.9. The monoisotopic (exact) mass is 256 g/mol. The molecule has 0 saturated carbocycles. The van der Waals surface area contributed by atoms with E-state index in [1.54, 1.807) is 4.68 Å². The molecule has 0 aromatic carbocycles. The summed E-state index contributed by atoms with van der Waals surface area (Å²) >= 11 is 0. The molecule has 1 heterocycles. The molecular formula is C12H24N4O2. The minimum Gasteiger partial charge on any atom is -0.394 e. The van der Waals surface area contributed by atoms with Gasteiger partial charge in [-0.1, -0.05) is 12.1 Å². The fourth-order valence-electron chi connectivity index (χ4n) is 1.50. The van der Waals surface area contributed by atoms with E-state index >= 15 is 0 Å². The van der Waals surface area contributed by atoms with Crippen molar-refractivity contribution < 1.29 is 10.2 Å². The molecule has 0 saturated heterocycles. The summed E-state index contributed by atoms with van der Waals surface area (Å²) in [6, 6.07) is 0. The number of hydrogen-bond donors (Lipinski definition) is 3. The van der Waals surface area contributed by atoms with Gasteiger partial charge in [-0.2, -0.15) is 0 Å². The lowest BCUT2D eigenvalue weighted by Gasteiger charge is -2.29. The van der Waals surface area contributed by atoms with Gasteiger partial charge >= 0.3 is 0 Å². The number of rotatable bonds is 6. The Morgan fingerprint density at radius 2 is 1.89 bits per heavy atom. The summed E-state index contributed by atoms with van der Waals surface area (Å²) in [4.78, 5) is 0.